The fourth-order valence-electron chi connectivity index (χ4n) is 1.91. The summed E-state index contributed by atoms with van der Waals surface area (Å²) in [6.07, 6.45) is 1.84. The van der Waals surface area contributed by atoms with Crippen molar-refractivity contribution in [3.8, 4) is 0 Å². The molecule has 0 unspecified atom stereocenters. The van der Waals surface area contributed by atoms with E-state index in [1.54, 1.807) is 4.52 Å². The number of aryl methyl sites for hydroxylation is 2. The molecule has 5 nitrogen and oxygen atoms in total. The van der Waals surface area contributed by atoms with Crippen LogP contribution in [0.1, 0.15) is 26.6 Å². The average Bonchev–Trinajstić information content (AvgIpc) is 2.93. The Morgan fingerprint density at radius 2 is 2.05 bits per heavy atom. The zero-order valence-corrected chi connectivity index (χ0v) is 12.1. The van der Waals surface area contributed by atoms with Gasteiger partial charge in [0.2, 0.25) is 4.96 Å². The molecule has 0 radical (unpaired) electrons. The summed E-state index contributed by atoms with van der Waals surface area (Å²) in [6.45, 7) is 4.34. The summed E-state index contributed by atoms with van der Waals surface area (Å²) in [5.74, 6) is -0.0921. The van der Waals surface area contributed by atoms with E-state index in [0.29, 0.717) is 12.1 Å². The van der Waals surface area contributed by atoms with E-state index in [1.165, 1.54) is 11.3 Å². The normalized spacial score (nSPS) is 10.9. The van der Waals surface area contributed by atoms with Crippen LogP contribution in [0.25, 0.3) is 4.96 Å². The highest BCUT2D eigenvalue weighted by Crippen LogP contribution is 2.13. The monoisotopic (exact) mass is 286 g/mol. The molecular weight excluding hydrogens is 272 g/mol. The second-order valence-electron chi connectivity index (χ2n) is 4.63. The van der Waals surface area contributed by atoms with Crippen molar-refractivity contribution in [3.63, 3.8) is 0 Å². The third-order valence-electron chi connectivity index (χ3n) is 2.94. The lowest BCUT2D eigenvalue weighted by Gasteiger charge is -2.03. The Morgan fingerprint density at radius 1 is 1.30 bits per heavy atom. The van der Waals surface area contributed by atoms with Gasteiger partial charge in [-0.1, -0.05) is 29.0 Å². The first-order chi connectivity index (χ1) is 9.61. The highest BCUT2D eigenvalue weighted by molar-refractivity contribution is 7.16. The Bertz CT molecular complexity index is 726. The van der Waals surface area contributed by atoms with Gasteiger partial charge >= 0.3 is 0 Å². The van der Waals surface area contributed by atoms with Crippen LogP contribution in [-0.2, 0) is 6.54 Å². The van der Waals surface area contributed by atoms with Crippen LogP contribution < -0.4 is 5.32 Å². The molecule has 2 aromatic heterocycles. The van der Waals surface area contributed by atoms with E-state index in [-0.39, 0.29) is 5.91 Å². The van der Waals surface area contributed by atoms with Crippen LogP contribution in [0.5, 0.6) is 0 Å². The highest BCUT2D eigenvalue weighted by atomic mass is 32.1. The van der Waals surface area contributed by atoms with Gasteiger partial charge in [-0.05, 0) is 26.0 Å². The summed E-state index contributed by atoms with van der Waals surface area (Å²) in [4.78, 5) is 17.2. The lowest BCUT2D eigenvalue weighted by molar-refractivity contribution is 0.0950. The molecule has 0 saturated heterocycles. The topological polar surface area (TPSA) is 59.3 Å². The van der Waals surface area contributed by atoms with Crippen LogP contribution in [0.3, 0.4) is 0 Å². The largest absolute Gasteiger partial charge is 0.346 e. The highest BCUT2D eigenvalue weighted by Gasteiger charge is 2.08. The number of fused-ring (bicyclic) bond motifs is 1. The maximum Gasteiger partial charge on any atom is 0.251 e. The van der Waals surface area contributed by atoms with E-state index in [1.807, 2.05) is 44.3 Å². The lowest BCUT2D eigenvalue weighted by Crippen LogP contribution is -2.22. The average molecular weight is 286 g/mol. The standard InChI is InChI=1S/C14H14N4OS/c1-9-3-5-11(6-4-9)13(19)15-7-12-8-18-14(16-12)20-10(2)17-18/h3-6,8H,7H2,1-2H3,(H,15,19). The number of carbonyl (C=O) groups is 1. The second-order valence-corrected chi connectivity index (χ2v) is 5.79. The number of nitrogens with zero attached hydrogens (tertiary/aromatic N) is 3. The van der Waals surface area contributed by atoms with Gasteiger partial charge in [-0.3, -0.25) is 4.79 Å². The van der Waals surface area contributed by atoms with Gasteiger partial charge in [-0.2, -0.15) is 5.10 Å². The first kappa shape index (κ1) is 12.8. The number of nitrogens with one attached hydrogen (secondary N) is 1. The molecule has 3 aromatic rings. The molecule has 1 aromatic carbocycles. The Labute approximate surface area is 120 Å². The number of hydrogen-bond donors (Lipinski definition) is 1. The molecule has 0 atom stereocenters. The fourth-order valence-corrected chi connectivity index (χ4v) is 2.65. The van der Waals surface area contributed by atoms with Crippen molar-refractivity contribution in [2.75, 3.05) is 0 Å². The maximum absolute atomic E-state index is 12.0. The Morgan fingerprint density at radius 3 is 2.75 bits per heavy atom. The summed E-state index contributed by atoms with van der Waals surface area (Å²) in [6, 6.07) is 7.49. The number of imidazole rings is 1. The van der Waals surface area contributed by atoms with Crippen molar-refractivity contribution in [2.24, 2.45) is 0 Å². The molecule has 0 bridgehead atoms. The van der Waals surface area contributed by atoms with E-state index >= 15 is 0 Å². The Balaban J connectivity index is 1.67. The van der Waals surface area contributed by atoms with E-state index < -0.39 is 0 Å². The number of rotatable bonds is 3. The van der Waals surface area contributed by atoms with Gasteiger partial charge < -0.3 is 5.32 Å². The van der Waals surface area contributed by atoms with Crippen LogP contribution in [0.2, 0.25) is 0 Å². The predicted octanol–water partition coefficient (Wildman–Crippen LogP) is 2.34. The van der Waals surface area contributed by atoms with Gasteiger partial charge in [0.05, 0.1) is 18.4 Å². The van der Waals surface area contributed by atoms with Crippen molar-refractivity contribution >= 4 is 22.2 Å². The van der Waals surface area contributed by atoms with E-state index in [0.717, 1.165) is 21.2 Å². The van der Waals surface area contributed by atoms with Gasteiger partial charge in [0.15, 0.2) is 0 Å². The third-order valence-corrected chi connectivity index (χ3v) is 3.78. The Kier molecular flexibility index (Phi) is 3.23. The van der Waals surface area contributed by atoms with Crippen molar-refractivity contribution in [2.45, 2.75) is 20.4 Å². The van der Waals surface area contributed by atoms with Gasteiger partial charge in [-0.15, -0.1) is 0 Å². The minimum absolute atomic E-state index is 0.0921. The molecule has 20 heavy (non-hydrogen) atoms. The third kappa shape index (κ3) is 2.55. The molecule has 0 aliphatic rings. The summed E-state index contributed by atoms with van der Waals surface area (Å²) in [5, 5.41) is 8.13. The zero-order valence-electron chi connectivity index (χ0n) is 11.3. The smallest absolute Gasteiger partial charge is 0.251 e. The SMILES string of the molecule is Cc1ccc(C(=O)NCc2cn3nc(C)sc3n2)cc1. The first-order valence-electron chi connectivity index (χ1n) is 6.28. The molecule has 0 aliphatic carbocycles. The maximum atomic E-state index is 12.0. The summed E-state index contributed by atoms with van der Waals surface area (Å²) < 4.78 is 1.74. The molecule has 0 aliphatic heterocycles. The molecule has 1 N–H and O–H groups in total. The number of carbonyl (C=O) groups excluding carboxylic acids is 1. The van der Waals surface area contributed by atoms with Crippen molar-refractivity contribution < 1.29 is 4.79 Å². The fraction of sp³-hybridized carbons (Fsp3) is 0.214. The van der Waals surface area contributed by atoms with Crippen LogP contribution in [0.15, 0.2) is 30.5 Å². The zero-order chi connectivity index (χ0) is 14.1. The van der Waals surface area contributed by atoms with E-state index in [9.17, 15) is 4.79 Å². The van der Waals surface area contributed by atoms with Gasteiger partial charge in [-0.25, -0.2) is 9.50 Å². The van der Waals surface area contributed by atoms with Crippen LogP contribution >= 0.6 is 11.3 Å². The molecule has 2 heterocycles. The number of aromatic nitrogens is 3. The number of benzene rings is 1. The van der Waals surface area contributed by atoms with Crippen LogP contribution in [0, 0.1) is 13.8 Å². The molecule has 1 amide bonds. The van der Waals surface area contributed by atoms with Crippen molar-refractivity contribution in [3.05, 3.63) is 52.3 Å². The molecule has 0 fully saturated rings. The van der Waals surface area contributed by atoms with Crippen LogP contribution in [-0.4, -0.2) is 20.5 Å². The summed E-state index contributed by atoms with van der Waals surface area (Å²) in [5.41, 5.74) is 2.60. The van der Waals surface area contributed by atoms with Gasteiger partial charge in [0.1, 0.15) is 5.01 Å². The van der Waals surface area contributed by atoms with E-state index in [2.05, 4.69) is 15.4 Å². The number of hydrogen-bond acceptors (Lipinski definition) is 4. The second kappa shape index (κ2) is 5.05. The van der Waals surface area contributed by atoms with Gasteiger partial charge in [0.25, 0.3) is 5.91 Å². The Hall–Kier alpha value is -2.21. The first-order valence-corrected chi connectivity index (χ1v) is 7.10. The minimum Gasteiger partial charge on any atom is -0.346 e. The van der Waals surface area contributed by atoms with Crippen molar-refractivity contribution in [1.29, 1.82) is 0 Å². The van der Waals surface area contributed by atoms with Gasteiger partial charge in [0, 0.05) is 5.56 Å². The molecule has 0 spiro atoms. The molecular formula is C14H14N4OS. The molecule has 6 heteroatoms. The summed E-state index contributed by atoms with van der Waals surface area (Å²) >= 11 is 1.53. The molecule has 3 rings (SSSR count). The lowest BCUT2D eigenvalue weighted by atomic mass is 10.1. The minimum atomic E-state index is -0.0921. The van der Waals surface area contributed by atoms with E-state index in [4.69, 9.17) is 0 Å². The van der Waals surface area contributed by atoms with Crippen LogP contribution in [0.4, 0.5) is 0 Å². The quantitative estimate of drug-likeness (QED) is 0.804. The predicted molar refractivity (Wildman–Crippen MR) is 78.0 cm³/mol. The molecule has 0 saturated carbocycles. The number of amides is 1. The summed E-state index contributed by atoms with van der Waals surface area (Å²) in [7, 11) is 0. The van der Waals surface area contributed by atoms with Crippen molar-refractivity contribution in [1.82, 2.24) is 19.9 Å². The molecule has 102 valence electrons.